The molecule has 122 valence electrons. The summed E-state index contributed by atoms with van der Waals surface area (Å²) in [6.07, 6.45) is 4.06. The monoisotopic (exact) mass is 313 g/mol. The van der Waals surface area contributed by atoms with Crippen LogP contribution in [0.1, 0.15) is 37.7 Å². The maximum absolute atomic E-state index is 11.4. The molecule has 0 fully saturated rings. The van der Waals surface area contributed by atoms with Gasteiger partial charge in [-0.3, -0.25) is 9.59 Å². The summed E-state index contributed by atoms with van der Waals surface area (Å²) in [4.78, 5) is 21.7. The Kier molecular flexibility index (Phi) is 6.60. The van der Waals surface area contributed by atoms with Crippen LogP contribution in [0.5, 0.6) is 0 Å². The molecule has 0 unspecified atom stereocenters. The van der Waals surface area contributed by atoms with Crippen LogP contribution < -0.4 is 5.32 Å². The van der Waals surface area contributed by atoms with E-state index in [2.05, 4.69) is 41.7 Å². The lowest BCUT2D eigenvalue weighted by atomic mass is 10.0. The third kappa shape index (κ3) is 6.10. The van der Waals surface area contributed by atoms with Crippen LogP contribution in [0.15, 0.2) is 42.5 Å². The first-order valence-electron chi connectivity index (χ1n) is 8.11. The molecular weight excluding hydrogens is 290 g/mol. The molecule has 0 aliphatic carbocycles. The van der Waals surface area contributed by atoms with Gasteiger partial charge in [-0.15, -0.1) is 0 Å². The molecule has 0 saturated carbocycles. The van der Waals surface area contributed by atoms with E-state index in [9.17, 15) is 9.59 Å². The van der Waals surface area contributed by atoms with Crippen LogP contribution in [-0.2, 0) is 16.0 Å². The number of rotatable bonds is 9. The van der Waals surface area contributed by atoms with Crippen molar-refractivity contribution in [3.8, 4) is 0 Å². The van der Waals surface area contributed by atoms with Crippen molar-refractivity contribution >= 4 is 22.6 Å². The lowest BCUT2D eigenvalue weighted by Gasteiger charge is -2.06. The number of hydrogen-bond donors (Lipinski definition) is 2. The predicted molar refractivity (Wildman–Crippen MR) is 91.4 cm³/mol. The number of nitrogens with one attached hydrogen (secondary N) is 1. The summed E-state index contributed by atoms with van der Waals surface area (Å²) in [5, 5.41) is 13.8. The van der Waals surface area contributed by atoms with E-state index in [1.54, 1.807) is 0 Å². The Morgan fingerprint density at radius 1 is 0.913 bits per heavy atom. The van der Waals surface area contributed by atoms with E-state index in [4.69, 9.17) is 5.11 Å². The Morgan fingerprint density at radius 2 is 1.70 bits per heavy atom. The van der Waals surface area contributed by atoms with Crippen LogP contribution in [0.4, 0.5) is 0 Å². The van der Waals surface area contributed by atoms with E-state index in [1.807, 2.05) is 6.07 Å². The first kappa shape index (κ1) is 17.0. The molecule has 2 rings (SSSR count). The molecule has 0 spiro atoms. The van der Waals surface area contributed by atoms with Crippen LogP contribution in [0.2, 0.25) is 0 Å². The number of benzene rings is 2. The lowest BCUT2D eigenvalue weighted by Crippen LogP contribution is -2.24. The van der Waals surface area contributed by atoms with E-state index in [0.717, 1.165) is 25.7 Å². The maximum atomic E-state index is 11.4. The smallest absolute Gasteiger partial charge is 0.303 e. The lowest BCUT2D eigenvalue weighted by molar-refractivity contribution is -0.138. The Labute approximate surface area is 136 Å². The predicted octanol–water partition coefficient (Wildman–Crippen LogP) is 3.53. The maximum Gasteiger partial charge on any atom is 0.303 e. The van der Waals surface area contributed by atoms with Gasteiger partial charge >= 0.3 is 5.97 Å². The molecule has 2 aromatic carbocycles. The Balaban J connectivity index is 1.61. The van der Waals surface area contributed by atoms with Gasteiger partial charge in [-0.2, -0.15) is 0 Å². The largest absolute Gasteiger partial charge is 0.481 e. The van der Waals surface area contributed by atoms with Crippen LogP contribution in [0.3, 0.4) is 0 Å². The molecule has 0 bridgehead atoms. The van der Waals surface area contributed by atoms with Crippen molar-refractivity contribution in [2.45, 2.75) is 38.5 Å². The van der Waals surface area contributed by atoms with Gasteiger partial charge in [0.25, 0.3) is 0 Å². The van der Waals surface area contributed by atoms with Gasteiger partial charge in [0.2, 0.25) is 5.91 Å². The highest BCUT2D eigenvalue weighted by Gasteiger charge is 2.04. The fourth-order valence-corrected chi connectivity index (χ4v) is 2.56. The van der Waals surface area contributed by atoms with Crippen LogP contribution in [0.25, 0.3) is 10.8 Å². The highest BCUT2D eigenvalue weighted by Crippen LogP contribution is 2.17. The van der Waals surface area contributed by atoms with Crippen LogP contribution in [-0.4, -0.2) is 23.5 Å². The summed E-state index contributed by atoms with van der Waals surface area (Å²) in [5.41, 5.74) is 1.34. The van der Waals surface area contributed by atoms with Gasteiger partial charge in [0.15, 0.2) is 0 Å². The quantitative estimate of drug-likeness (QED) is 0.696. The van der Waals surface area contributed by atoms with Crippen LogP contribution >= 0.6 is 0 Å². The SMILES string of the molecule is O=C(O)CCC(=O)NCCCCCc1ccc2ccccc2c1. The number of carbonyl (C=O) groups excluding carboxylic acids is 1. The minimum absolute atomic E-state index is 0.0619. The topological polar surface area (TPSA) is 66.4 Å². The zero-order chi connectivity index (χ0) is 16.5. The van der Waals surface area contributed by atoms with Crippen molar-refractivity contribution in [2.24, 2.45) is 0 Å². The normalized spacial score (nSPS) is 10.6. The molecule has 23 heavy (non-hydrogen) atoms. The number of amides is 1. The molecule has 4 nitrogen and oxygen atoms in total. The zero-order valence-corrected chi connectivity index (χ0v) is 13.3. The summed E-state index contributed by atoms with van der Waals surface area (Å²) >= 11 is 0. The molecule has 2 N–H and O–H groups in total. The van der Waals surface area contributed by atoms with Crippen molar-refractivity contribution < 1.29 is 14.7 Å². The van der Waals surface area contributed by atoms with Gasteiger partial charge in [-0.25, -0.2) is 0 Å². The molecule has 0 saturated heterocycles. The van der Waals surface area contributed by atoms with Crippen LogP contribution in [0, 0.1) is 0 Å². The summed E-state index contributed by atoms with van der Waals surface area (Å²) in [7, 11) is 0. The Bertz CT molecular complexity index is 666. The van der Waals surface area contributed by atoms with Gasteiger partial charge in [0.05, 0.1) is 6.42 Å². The highest BCUT2D eigenvalue weighted by molar-refractivity contribution is 5.83. The number of carbonyl (C=O) groups is 2. The second-order valence-corrected chi connectivity index (χ2v) is 5.74. The molecule has 0 heterocycles. The fourth-order valence-electron chi connectivity index (χ4n) is 2.56. The Hall–Kier alpha value is -2.36. The van der Waals surface area contributed by atoms with Crippen molar-refractivity contribution in [2.75, 3.05) is 6.54 Å². The van der Waals surface area contributed by atoms with E-state index < -0.39 is 5.97 Å². The minimum atomic E-state index is -0.935. The third-order valence-corrected chi connectivity index (χ3v) is 3.84. The van der Waals surface area contributed by atoms with Gasteiger partial charge in [0.1, 0.15) is 0 Å². The molecule has 4 heteroatoms. The van der Waals surface area contributed by atoms with Crippen molar-refractivity contribution in [3.63, 3.8) is 0 Å². The molecule has 2 aromatic rings. The van der Waals surface area contributed by atoms with Crippen molar-refractivity contribution in [1.29, 1.82) is 0 Å². The van der Waals surface area contributed by atoms with E-state index in [0.29, 0.717) is 6.54 Å². The number of unbranched alkanes of at least 4 members (excludes halogenated alkanes) is 2. The first-order chi connectivity index (χ1) is 11.1. The summed E-state index contributed by atoms with van der Waals surface area (Å²) in [6, 6.07) is 14.9. The zero-order valence-electron chi connectivity index (χ0n) is 13.3. The van der Waals surface area contributed by atoms with Crippen molar-refractivity contribution in [1.82, 2.24) is 5.32 Å². The molecule has 0 radical (unpaired) electrons. The number of aliphatic carboxylic acids is 1. The standard InChI is InChI=1S/C19H23NO3/c21-18(11-12-19(22)23)20-13-5-1-2-6-15-9-10-16-7-3-4-8-17(16)14-15/h3-4,7-10,14H,1-2,5-6,11-13H2,(H,20,21)(H,22,23). The van der Waals surface area contributed by atoms with Gasteiger partial charge in [-0.1, -0.05) is 48.9 Å². The van der Waals surface area contributed by atoms with Crippen molar-refractivity contribution in [3.05, 3.63) is 48.0 Å². The summed E-state index contributed by atoms with van der Waals surface area (Å²) < 4.78 is 0. The third-order valence-electron chi connectivity index (χ3n) is 3.84. The van der Waals surface area contributed by atoms with Gasteiger partial charge in [0, 0.05) is 13.0 Å². The van der Waals surface area contributed by atoms with Gasteiger partial charge < -0.3 is 10.4 Å². The highest BCUT2D eigenvalue weighted by atomic mass is 16.4. The second kappa shape index (κ2) is 8.93. The number of hydrogen-bond acceptors (Lipinski definition) is 2. The number of aryl methyl sites for hydroxylation is 1. The summed E-state index contributed by atoms with van der Waals surface area (Å²) in [6.45, 7) is 0.621. The van der Waals surface area contributed by atoms with E-state index in [1.165, 1.54) is 16.3 Å². The van der Waals surface area contributed by atoms with E-state index >= 15 is 0 Å². The second-order valence-electron chi connectivity index (χ2n) is 5.74. The molecule has 1 amide bonds. The molecule has 0 atom stereocenters. The number of carboxylic acid groups (broad SMARTS) is 1. The molecule has 0 aromatic heterocycles. The average molecular weight is 313 g/mol. The molecule has 0 aliphatic heterocycles. The Morgan fingerprint density at radius 3 is 2.48 bits per heavy atom. The average Bonchev–Trinajstić information content (AvgIpc) is 2.56. The summed E-state index contributed by atoms with van der Waals surface area (Å²) in [5.74, 6) is -1.11. The fraction of sp³-hybridized carbons (Fsp3) is 0.368. The minimum Gasteiger partial charge on any atom is -0.481 e. The molecular formula is C19H23NO3. The molecule has 0 aliphatic rings. The van der Waals surface area contributed by atoms with Gasteiger partial charge in [-0.05, 0) is 35.6 Å². The number of fused-ring (bicyclic) bond motifs is 1. The first-order valence-corrected chi connectivity index (χ1v) is 8.11. The number of carboxylic acids is 1. The van der Waals surface area contributed by atoms with E-state index in [-0.39, 0.29) is 18.7 Å².